The minimum atomic E-state index is 0.0812. The van der Waals surface area contributed by atoms with Crippen LogP contribution in [0.5, 0.6) is 11.5 Å². The van der Waals surface area contributed by atoms with Crippen molar-refractivity contribution in [3.05, 3.63) is 42.1 Å². The highest BCUT2D eigenvalue weighted by Crippen LogP contribution is 2.31. The topological polar surface area (TPSA) is 66.9 Å². The zero-order valence-electron chi connectivity index (χ0n) is 17.8. The average molecular weight is 411 g/mol. The molecule has 1 aromatic carbocycles. The summed E-state index contributed by atoms with van der Waals surface area (Å²) in [4.78, 5) is 21.8. The molecule has 2 aliphatic heterocycles. The number of methoxy groups -OCH3 is 2. The zero-order valence-corrected chi connectivity index (χ0v) is 17.8. The number of nitrogens with zero attached hydrogens (tertiary/aromatic N) is 3. The van der Waals surface area contributed by atoms with E-state index in [1.807, 2.05) is 35.2 Å². The number of anilines is 2. The first-order valence-corrected chi connectivity index (χ1v) is 10.7. The maximum absolute atomic E-state index is 13.0. The summed E-state index contributed by atoms with van der Waals surface area (Å²) >= 11 is 0. The fraction of sp³-hybridized carbons (Fsp3) is 0.478. The van der Waals surface area contributed by atoms with Crippen LogP contribution in [-0.4, -0.2) is 62.2 Å². The van der Waals surface area contributed by atoms with Crippen LogP contribution in [0.25, 0.3) is 0 Å². The molecule has 30 heavy (non-hydrogen) atoms. The van der Waals surface area contributed by atoms with Crippen LogP contribution in [0.15, 0.2) is 36.5 Å². The van der Waals surface area contributed by atoms with Crippen molar-refractivity contribution in [2.75, 3.05) is 50.6 Å². The van der Waals surface area contributed by atoms with E-state index in [1.165, 1.54) is 6.42 Å². The number of benzene rings is 1. The molecule has 1 amide bonds. The summed E-state index contributed by atoms with van der Waals surface area (Å²) in [7, 11) is 3.32. The molecule has 7 nitrogen and oxygen atoms in total. The summed E-state index contributed by atoms with van der Waals surface area (Å²) in [5.41, 5.74) is 1.74. The van der Waals surface area contributed by atoms with Gasteiger partial charge in [-0.3, -0.25) is 4.79 Å². The summed E-state index contributed by atoms with van der Waals surface area (Å²) in [5, 5.41) is 3.52. The molecule has 0 spiro atoms. The molecular formula is C23H30N4O3. The van der Waals surface area contributed by atoms with Gasteiger partial charge in [0.05, 0.1) is 19.8 Å². The Balaban J connectivity index is 1.46. The van der Waals surface area contributed by atoms with Gasteiger partial charge in [0.15, 0.2) is 0 Å². The first-order chi connectivity index (χ1) is 14.7. The maximum Gasteiger partial charge on any atom is 0.257 e. The predicted molar refractivity (Wildman–Crippen MR) is 118 cm³/mol. The molecule has 160 valence electrons. The second-order valence-corrected chi connectivity index (χ2v) is 7.90. The summed E-state index contributed by atoms with van der Waals surface area (Å²) in [6.45, 7) is 3.41. The van der Waals surface area contributed by atoms with Gasteiger partial charge in [0.2, 0.25) is 0 Å². The third-order valence-corrected chi connectivity index (χ3v) is 5.91. The van der Waals surface area contributed by atoms with Crippen molar-refractivity contribution in [3.63, 3.8) is 0 Å². The molecule has 2 aliphatic rings. The van der Waals surface area contributed by atoms with Crippen LogP contribution in [0.2, 0.25) is 0 Å². The van der Waals surface area contributed by atoms with Crippen LogP contribution >= 0.6 is 0 Å². The molecule has 1 aromatic heterocycles. The number of ether oxygens (including phenoxy) is 2. The number of amides is 1. The molecule has 0 radical (unpaired) electrons. The molecule has 2 fully saturated rings. The van der Waals surface area contributed by atoms with Crippen molar-refractivity contribution in [2.45, 2.75) is 31.7 Å². The van der Waals surface area contributed by atoms with Crippen LogP contribution in [-0.2, 0) is 0 Å². The van der Waals surface area contributed by atoms with E-state index in [9.17, 15) is 4.79 Å². The number of hydrogen-bond acceptors (Lipinski definition) is 6. The maximum atomic E-state index is 13.0. The van der Waals surface area contributed by atoms with Crippen molar-refractivity contribution >= 4 is 17.4 Å². The summed E-state index contributed by atoms with van der Waals surface area (Å²) in [6.07, 6.45) is 6.07. The number of carbonyl (C=O) groups excluding carboxylic acids is 1. The van der Waals surface area contributed by atoms with E-state index in [0.717, 1.165) is 62.6 Å². The fourth-order valence-electron chi connectivity index (χ4n) is 4.24. The molecule has 0 saturated carbocycles. The van der Waals surface area contributed by atoms with Gasteiger partial charge < -0.3 is 24.6 Å². The number of nitrogens with one attached hydrogen (secondary N) is 1. The monoisotopic (exact) mass is 410 g/mol. The minimum absolute atomic E-state index is 0.0812. The highest BCUT2D eigenvalue weighted by Gasteiger charge is 2.27. The third-order valence-electron chi connectivity index (χ3n) is 5.91. The van der Waals surface area contributed by atoms with E-state index >= 15 is 0 Å². The molecular weight excluding hydrogens is 380 g/mol. The van der Waals surface area contributed by atoms with Crippen LogP contribution in [0.3, 0.4) is 0 Å². The summed E-state index contributed by atoms with van der Waals surface area (Å²) < 4.78 is 10.8. The van der Waals surface area contributed by atoms with Gasteiger partial charge in [0, 0.05) is 62.3 Å². The van der Waals surface area contributed by atoms with Crippen molar-refractivity contribution < 1.29 is 14.3 Å². The minimum Gasteiger partial charge on any atom is -0.497 e. The van der Waals surface area contributed by atoms with Gasteiger partial charge in [-0.15, -0.1) is 0 Å². The van der Waals surface area contributed by atoms with E-state index in [4.69, 9.17) is 9.47 Å². The van der Waals surface area contributed by atoms with Gasteiger partial charge in [-0.25, -0.2) is 4.98 Å². The second-order valence-electron chi connectivity index (χ2n) is 7.90. The largest absolute Gasteiger partial charge is 0.497 e. The van der Waals surface area contributed by atoms with E-state index in [-0.39, 0.29) is 11.9 Å². The lowest BCUT2D eigenvalue weighted by Crippen LogP contribution is -2.36. The Hall–Kier alpha value is -2.96. The highest BCUT2D eigenvalue weighted by atomic mass is 16.5. The lowest BCUT2D eigenvalue weighted by molar-refractivity contribution is 0.0725. The van der Waals surface area contributed by atoms with Crippen LogP contribution in [0, 0.1) is 0 Å². The summed E-state index contributed by atoms with van der Waals surface area (Å²) in [6, 6.07) is 9.86. The standard InChI is InChI=1S/C23H30N4O3/c1-29-19-13-18(14-20(15-19)30-2)27-12-8-17(16-27)25-22-21(7-6-9-24-22)23(28)26-10-4-3-5-11-26/h6-7,9,13-15,17H,3-5,8,10-12,16H2,1-2H3,(H,24,25). The van der Waals surface area contributed by atoms with E-state index in [0.29, 0.717) is 11.4 Å². The molecule has 0 bridgehead atoms. The lowest BCUT2D eigenvalue weighted by Gasteiger charge is -2.27. The Morgan fingerprint density at radius 3 is 2.50 bits per heavy atom. The molecule has 3 heterocycles. The molecule has 0 aliphatic carbocycles. The van der Waals surface area contributed by atoms with Crippen LogP contribution in [0.1, 0.15) is 36.0 Å². The van der Waals surface area contributed by atoms with Gasteiger partial charge in [-0.05, 0) is 37.8 Å². The Bertz CT molecular complexity index is 860. The lowest BCUT2D eigenvalue weighted by atomic mass is 10.1. The van der Waals surface area contributed by atoms with Crippen molar-refractivity contribution in [3.8, 4) is 11.5 Å². The molecule has 4 rings (SSSR count). The quantitative estimate of drug-likeness (QED) is 0.787. The number of aromatic nitrogens is 1. The molecule has 2 saturated heterocycles. The second kappa shape index (κ2) is 9.24. The fourth-order valence-corrected chi connectivity index (χ4v) is 4.24. The van der Waals surface area contributed by atoms with Crippen LogP contribution < -0.4 is 19.7 Å². The van der Waals surface area contributed by atoms with Crippen molar-refractivity contribution in [2.24, 2.45) is 0 Å². The third kappa shape index (κ3) is 4.45. The molecule has 1 unspecified atom stereocenters. The number of carbonyl (C=O) groups is 1. The summed E-state index contributed by atoms with van der Waals surface area (Å²) in [5.74, 6) is 2.32. The van der Waals surface area contributed by atoms with Gasteiger partial charge in [-0.2, -0.15) is 0 Å². The molecule has 2 aromatic rings. The Morgan fingerprint density at radius 1 is 1.07 bits per heavy atom. The number of piperidine rings is 1. The van der Waals surface area contributed by atoms with E-state index < -0.39 is 0 Å². The highest BCUT2D eigenvalue weighted by molar-refractivity contribution is 5.98. The van der Waals surface area contributed by atoms with Crippen LogP contribution in [0.4, 0.5) is 11.5 Å². The Morgan fingerprint density at radius 2 is 1.80 bits per heavy atom. The first kappa shape index (κ1) is 20.3. The Kier molecular flexibility index (Phi) is 6.26. The molecule has 7 heteroatoms. The van der Waals surface area contributed by atoms with Gasteiger partial charge in [-0.1, -0.05) is 0 Å². The average Bonchev–Trinajstić information content (AvgIpc) is 3.27. The van der Waals surface area contributed by atoms with E-state index in [1.54, 1.807) is 20.4 Å². The van der Waals surface area contributed by atoms with Gasteiger partial charge in [0.1, 0.15) is 17.3 Å². The number of likely N-dealkylation sites (tertiary alicyclic amines) is 1. The molecule has 1 N–H and O–H groups in total. The molecule has 1 atom stereocenters. The van der Waals surface area contributed by atoms with Gasteiger partial charge in [0.25, 0.3) is 5.91 Å². The Labute approximate surface area is 178 Å². The smallest absolute Gasteiger partial charge is 0.257 e. The predicted octanol–water partition coefficient (Wildman–Crippen LogP) is 3.42. The first-order valence-electron chi connectivity index (χ1n) is 10.7. The number of hydrogen-bond donors (Lipinski definition) is 1. The van der Waals surface area contributed by atoms with E-state index in [2.05, 4.69) is 15.2 Å². The van der Waals surface area contributed by atoms with Crippen molar-refractivity contribution in [1.29, 1.82) is 0 Å². The van der Waals surface area contributed by atoms with Gasteiger partial charge >= 0.3 is 0 Å². The number of rotatable bonds is 6. The van der Waals surface area contributed by atoms with Crippen molar-refractivity contribution in [1.82, 2.24) is 9.88 Å². The normalized spacial score (nSPS) is 18.9. The number of pyridine rings is 1. The zero-order chi connectivity index (χ0) is 20.9. The SMILES string of the molecule is COc1cc(OC)cc(N2CCC(Nc3ncccc3C(=O)N3CCCCC3)C2)c1.